The average Bonchev–Trinajstić information content (AvgIpc) is 3.00. The van der Waals surface area contributed by atoms with Gasteiger partial charge in [-0.2, -0.15) is 0 Å². The molecule has 2 saturated heterocycles. The van der Waals surface area contributed by atoms with Crippen molar-refractivity contribution in [1.29, 1.82) is 0 Å². The number of amides is 3. The molecular formula is C19H24N4O5S. The van der Waals surface area contributed by atoms with Crippen LogP contribution in [0.3, 0.4) is 0 Å². The maximum atomic E-state index is 13.1. The summed E-state index contributed by atoms with van der Waals surface area (Å²) in [6, 6.07) is 4.22. The van der Waals surface area contributed by atoms with Gasteiger partial charge >= 0.3 is 0 Å². The zero-order chi connectivity index (χ0) is 20.8. The van der Waals surface area contributed by atoms with Gasteiger partial charge in [0.05, 0.1) is 11.5 Å². The zero-order valence-corrected chi connectivity index (χ0v) is 16.7. The van der Waals surface area contributed by atoms with Gasteiger partial charge in [-0.05, 0) is 24.0 Å². The molecule has 0 saturated carbocycles. The molecule has 3 amide bonds. The van der Waals surface area contributed by atoms with Crippen LogP contribution in [-0.2, 0) is 32.5 Å². The molecule has 3 atom stereocenters. The zero-order valence-electron chi connectivity index (χ0n) is 15.9. The third kappa shape index (κ3) is 3.92. The Morgan fingerprint density at radius 1 is 1.21 bits per heavy atom. The standard InChI is InChI=1S/C19H24N4O5S/c20-13-6-7-29(27,28)10-14(13)21-8-11-2-1-3-12-9-23(19(26)17(11)12)15-4-5-16(24)22-18(15)25/h1-3,13-15,21H,4-10,20H2,(H,22,24,25)/t13-,14+,15?/m1/s1. The minimum absolute atomic E-state index is 0.0143. The van der Waals surface area contributed by atoms with Gasteiger partial charge in [-0.25, -0.2) is 8.42 Å². The van der Waals surface area contributed by atoms with Crippen LogP contribution in [-0.4, -0.2) is 60.7 Å². The molecular weight excluding hydrogens is 396 g/mol. The Labute approximate surface area is 168 Å². The summed E-state index contributed by atoms with van der Waals surface area (Å²) in [5, 5.41) is 5.50. The first-order chi connectivity index (χ1) is 13.7. The van der Waals surface area contributed by atoms with Crippen LogP contribution >= 0.6 is 0 Å². The quantitative estimate of drug-likeness (QED) is 0.534. The maximum absolute atomic E-state index is 13.1. The molecule has 2 fully saturated rings. The van der Waals surface area contributed by atoms with Crippen LogP contribution in [0.4, 0.5) is 0 Å². The molecule has 10 heteroatoms. The molecule has 0 radical (unpaired) electrons. The molecule has 3 aliphatic heterocycles. The van der Waals surface area contributed by atoms with E-state index in [1.165, 1.54) is 4.90 Å². The fraction of sp³-hybridized carbons (Fsp3) is 0.526. The number of nitrogens with one attached hydrogen (secondary N) is 2. The number of rotatable bonds is 4. The Hall–Kier alpha value is -2.30. The third-order valence-corrected chi connectivity index (χ3v) is 7.63. The molecule has 4 rings (SSSR count). The number of fused-ring (bicyclic) bond motifs is 1. The second-order valence-corrected chi connectivity index (χ2v) is 10.1. The Bertz CT molecular complexity index is 977. The molecule has 29 heavy (non-hydrogen) atoms. The summed E-state index contributed by atoms with van der Waals surface area (Å²) in [6.07, 6.45) is 0.931. The maximum Gasteiger partial charge on any atom is 0.255 e. The van der Waals surface area contributed by atoms with Crippen molar-refractivity contribution < 1.29 is 22.8 Å². The Morgan fingerprint density at radius 2 is 2.00 bits per heavy atom. The van der Waals surface area contributed by atoms with Crippen molar-refractivity contribution in [2.75, 3.05) is 11.5 Å². The van der Waals surface area contributed by atoms with Gasteiger partial charge in [-0.3, -0.25) is 19.7 Å². The van der Waals surface area contributed by atoms with Crippen molar-refractivity contribution in [3.63, 3.8) is 0 Å². The van der Waals surface area contributed by atoms with E-state index < -0.39 is 21.8 Å². The normalized spacial score (nSPS) is 28.9. The SMILES string of the molecule is N[C@@H]1CCS(=O)(=O)C[C@@H]1NCc1cccc2c1C(=O)N(C1CCC(=O)NC1=O)C2. The van der Waals surface area contributed by atoms with E-state index in [2.05, 4.69) is 10.6 Å². The molecule has 0 aliphatic carbocycles. The fourth-order valence-electron chi connectivity index (χ4n) is 4.29. The summed E-state index contributed by atoms with van der Waals surface area (Å²) in [5.41, 5.74) is 8.18. The van der Waals surface area contributed by atoms with Crippen LogP contribution in [0, 0.1) is 0 Å². The van der Waals surface area contributed by atoms with Crippen LogP contribution in [0.5, 0.6) is 0 Å². The van der Waals surface area contributed by atoms with E-state index in [1.807, 2.05) is 18.2 Å². The lowest BCUT2D eigenvalue weighted by Gasteiger charge is -2.30. The van der Waals surface area contributed by atoms with E-state index in [-0.39, 0.29) is 41.8 Å². The van der Waals surface area contributed by atoms with Crippen molar-refractivity contribution in [3.8, 4) is 0 Å². The summed E-state index contributed by atoms with van der Waals surface area (Å²) >= 11 is 0. The highest BCUT2D eigenvalue weighted by atomic mass is 32.2. The van der Waals surface area contributed by atoms with E-state index >= 15 is 0 Å². The van der Waals surface area contributed by atoms with E-state index in [9.17, 15) is 22.8 Å². The molecule has 3 aliphatic rings. The topological polar surface area (TPSA) is 139 Å². The highest BCUT2D eigenvalue weighted by Crippen LogP contribution is 2.30. The van der Waals surface area contributed by atoms with E-state index in [4.69, 9.17) is 5.73 Å². The summed E-state index contributed by atoms with van der Waals surface area (Å²) in [6.45, 7) is 0.623. The summed E-state index contributed by atoms with van der Waals surface area (Å²) in [7, 11) is -3.12. The third-order valence-electron chi connectivity index (χ3n) is 5.91. The first-order valence-corrected chi connectivity index (χ1v) is 11.5. The van der Waals surface area contributed by atoms with Crippen molar-refractivity contribution >= 4 is 27.6 Å². The molecule has 4 N–H and O–H groups in total. The predicted octanol–water partition coefficient (Wildman–Crippen LogP) is -0.948. The monoisotopic (exact) mass is 420 g/mol. The highest BCUT2D eigenvalue weighted by molar-refractivity contribution is 7.91. The number of hydrogen-bond acceptors (Lipinski definition) is 7. The van der Waals surface area contributed by atoms with Crippen molar-refractivity contribution in [2.45, 2.75) is 50.5 Å². The van der Waals surface area contributed by atoms with Crippen LogP contribution in [0.1, 0.15) is 40.7 Å². The fourth-order valence-corrected chi connectivity index (χ4v) is 6.00. The lowest BCUT2D eigenvalue weighted by atomic mass is 10.0. The predicted molar refractivity (Wildman–Crippen MR) is 104 cm³/mol. The minimum Gasteiger partial charge on any atom is -0.326 e. The number of carbonyl (C=O) groups excluding carboxylic acids is 3. The van der Waals surface area contributed by atoms with Gasteiger partial charge in [0.2, 0.25) is 11.8 Å². The van der Waals surface area contributed by atoms with Gasteiger partial charge in [0.15, 0.2) is 9.84 Å². The molecule has 3 heterocycles. The number of benzene rings is 1. The number of carbonyl (C=O) groups is 3. The molecule has 9 nitrogen and oxygen atoms in total. The summed E-state index contributed by atoms with van der Waals surface area (Å²) in [4.78, 5) is 38.2. The van der Waals surface area contributed by atoms with E-state index in [1.54, 1.807) is 0 Å². The lowest BCUT2D eigenvalue weighted by Crippen LogP contribution is -2.53. The Morgan fingerprint density at radius 3 is 2.76 bits per heavy atom. The number of nitrogens with two attached hydrogens (primary N) is 1. The van der Waals surface area contributed by atoms with Crippen LogP contribution in [0.15, 0.2) is 18.2 Å². The lowest BCUT2D eigenvalue weighted by molar-refractivity contribution is -0.136. The van der Waals surface area contributed by atoms with Gasteiger partial charge in [-0.15, -0.1) is 0 Å². The summed E-state index contributed by atoms with van der Waals surface area (Å²) < 4.78 is 23.8. The average molecular weight is 420 g/mol. The first kappa shape index (κ1) is 20.0. The molecule has 0 spiro atoms. The smallest absolute Gasteiger partial charge is 0.255 e. The van der Waals surface area contributed by atoms with Gasteiger partial charge in [0.1, 0.15) is 6.04 Å². The Balaban J connectivity index is 1.50. The molecule has 0 bridgehead atoms. The summed E-state index contributed by atoms with van der Waals surface area (Å²) in [5.74, 6) is -0.918. The van der Waals surface area contributed by atoms with Crippen LogP contribution < -0.4 is 16.4 Å². The van der Waals surface area contributed by atoms with Crippen LogP contribution in [0.2, 0.25) is 0 Å². The Kier molecular flexibility index (Phi) is 5.18. The van der Waals surface area contributed by atoms with E-state index in [0.29, 0.717) is 31.5 Å². The number of hydrogen-bond donors (Lipinski definition) is 3. The number of sulfone groups is 1. The van der Waals surface area contributed by atoms with Gasteiger partial charge in [-0.1, -0.05) is 18.2 Å². The largest absolute Gasteiger partial charge is 0.326 e. The van der Waals surface area contributed by atoms with Crippen molar-refractivity contribution in [1.82, 2.24) is 15.5 Å². The number of nitrogens with zero attached hydrogens (tertiary/aromatic N) is 1. The van der Waals surface area contributed by atoms with Crippen molar-refractivity contribution in [3.05, 3.63) is 34.9 Å². The first-order valence-electron chi connectivity index (χ1n) is 9.70. The van der Waals surface area contributed by atoms with Gasteiger partial charge < -0.3 is 16.0 Å². The minimum atomic E-state index is -3.12. The van der Waals surface area contributed by atoms with Crippen LogP contribution in [0.25, 0.3) is 0 Å². The molecule has 1 unspecified atom stereocenters. The highest BCUT2D eigenvalue weighted by Gasteiger charge is 2.40. The number of piperidine rings is 1. The van der Waals surface area contributed by atoms with Gasteiger partial charge in [0.25, 0.3) is 5.91 Å². The molecule has 156 valence electrons. The van der Waals surface area contributed by atoms with Gasteiger partial charge in [0, 0.05) is 37.2 Å². The molecule has 1 aromatic rings. The number of imide groups is 1. The molecule has 1 aromatic carbocycles. The second kappa shape index (κ2) is 7.51. The van der Waals surface area contributed by atoms with E-state index in [0.717, 1.165) is 11.1 Å². The van der Waals surface area contributed by atoms with Crippen molar-refractivity contribution in [2.24, 2.45) is 5.73 Å². The molecule has 0 aromatic heterocycles. The second-order valence-electron chi connectivity index (χ2n) is 7.91.